The van der Waals surface area contributed by atoms with Crippen molar-refractivity contribution in [3.05, 3.63) is 41.6 Å². The van der Waals surface area contributed by atoms with Crippen molar-refractivity contribution in [2.45, 2.75) is 6.10 Å². The van der Waals surface area contributed by atoms with Crippen LogP contribution in [0, 0.1) is 0 Å². The molecule has 146 valence electrons. The van der Waals surface area contributed by atoms with E-state index in [1.165, 1.54) is 27.6 Å². The van der Waals surface area contributed by atoms with Gasteiger partial charge in [-0.05, 0) is 12.1 Å². The highest BCUT2D eigenvalue weighted by Crippen LogP contribution is 2.27. The zero-order valence-corrected chi connectivity index (χ0v) is 16.7. The molecule has 1 atom stereocenters. The van der Waals surface area contributed by atoms with Gasteiger partial charge in [0, 0.05) is 46.7 Å². The van der Waals surface area contributed by atoms with Gasteiger partial charge in [-0.25, -0.2) is 4.98 Å². The van der Waals surface area contributed by atoms with Gasteiger partial charge in [-0.1, -0.05) is 18.2 Å². The largest absolute Gasteiger partial charge is 0.369 e. The number of carbonyl (C=O) groups is 1. The summed E-state index contributed by atoms with van der Waals surface area (Å²) in [5, 5.41) is 0.758. The second-order valence-corrected chi connectivity index (χ2v) is 8.96. The van der Waals surface area contributed by atoms with E-state index in [1.54, 1.807) is 20.2 Å². The predicted molar refractivity (Wildman–Crippen MR) is 103 cm³/mol. The van der Waals surface area contributed by atoms with Gasteiger partial charge >= 0.3 is 0 Å². The number of aromatic nitrogens is 1. The fourth-order valence-corrected chi connectivity index (χ4v) is 4.11. The van der Waals surface area contributed by atoms with Gasteiger partial charge in [0.2, 0.25) is 0 Å². The summed E-state index contributed by atoms with van der Waals surface area (Å²) in [5.74, 6) is -0.136. The number of amides is 1. The third kappa shape index (κ3) is 3.81. The summed E-state index contributed by atoms with van der Waals surface area (Å²) < 4.78 is 33.3. The van der Waals surface area contributed by atoms with E-state index >= 15 is 0 Å². The summed E-state index contributed by atoms with van der Waals surface area (Å²) in [6.45, 7) is 0.707. The Morgan fingerprint density at radius 2 is 1.93 bits per heavy atom. The van der Waals surface area contributed by atoms with E-state index in [2.05, 4.69) is 4.98 Å². The summed E-state index contributed by atoms with van der Waals surface area (Å²) in [6, 6.07) is 9.11. The van der Waals surface area contributed by atoms with E-state index in [1.807, 2.05) is 24.3 Å². The lowest BCUT2D eigenvalue weighted by Gasteiger charge is -2.33. The number of ether oxygens (including phenoxy) is 1. The minimum atomic E-state index is -3.54. The van der Waals surface area contributed by atoms with E-state index < -0.39 is 16.3 Å². The van der Waals surface area contributed by atoms with Crippen LogP contribution in [0.1, 0.15) is 22.2 Å². The highest BCUT2D eigenvalue weighted by Gasteiger charge is 2.33. The first-order chi connectivity index (χ1) is 12.7. The van der Waals surface area contributed by atoms with Crippen LogP contribution >= 0.6 is 0 Å². The van der Waals surface area contributed by atoms with Crippen LogP contribution in [0.5, 0.6) is 0 Å². The Bertz CT molecular complexity index is 959. The van der Waals surface area contributed by atoms with Gasteiger partial charge in [0.15, 0.2) is 0 Å². The fraction of sp³-hybridized carbons (Fsp3) is 0.444. The number of hydrogen-bond acceptors (Lipinski definition) is 5. The molecule has 1 aromatic heterocycles. The Hall–Kier alpha value is -2.07. The maximum absolute atomic E-state index is 12.7. The molecule has 3 rings (SSSR count). The average molecular weight is 392 g/mol. The van der Waals surface area contributed by atoms with E-state index in [0.29, 0.717) is 16.8 Å². The number of rotatable bonds is 4. The van der Waals surface area contributed by atoms with Crippen molar-refractivity contribution >= 4 is 27.0 Å². The number of morpholine rings is 1. The number of pyridine rings is 1. The van der Waals surface area contributed by atoms with Crippen LogP contribution in [0.2, 0.25) is 0 Å². The molecule has 2 aromatic rings. The van der Waals surface area contributed by atoms with Gasteiger partial charge in [-0.2, -0.15) is 17.0 Å². The second kappa shape index (κ2) is 7.51. The standard InChI is InChI=1S/C18H24N4O4S/c1-20(2)18(23)14-11-16(19-15-8-6-5-7-13(14)15)17-12-22(9-10-26-17)27(24,25)21(3)4/h5-8,11,17H,9-10,12H2,1-4H3/t17-/m0/s1. The topological polar surface area (TPSA) is 83.1 Å². The first-order valence-electron chi connectivity index (χ1n) is 8.62. The number of benzene rings is 1. The third-order valence-corrected chi connectivity index (χ3v) is 6.43. The number of nitrogens with zero attached hydrogens (tertiary/aromatic N) is 4. The van der Waals surface area contributed by atoms with E-state index in [9.17, 15) is 13.2 Å². The SMILES string of the molecule is CN(C)C(=O)c1cc([C@@H]2CN(S(=O)(=O)N(C)C)CCO2)nc2ccccc12. The molecule has 0 radical (unpaired) electrons. The molecule has 0 aliphatic carbocycles. The first-order valence-corrected chi connectivity index (χ1v) is 10.0. The molecule has 1 aliphatic rings. The van der Waals surface area contributed by atoms with Gasteiger partial charge in [-0.3, -0.25) is 4.79 Å². The maximum Gasteiger partial charge on any atom is 0.281 e. The zero-order chi connectivity index (χ0) is 19.8. The summed E-state index contributed by atoms with van der Waals surface area (Å²) in [4.78, 5) is 18.8. The summed E-state index contributed by atoms with van der Waals surface area (Å²) in [6.07, 6.45) is -0.535. The van der Waals surface area contributed by atoms with Crippen molar-refractivity contribution in [1.82, 2.24) is 18.5 Å². The molecular weight excluding hydrogens is 368 g/mol. The molecule has 1 saturated heterocycles. The van der Waals surface area contributed by atoms with Crippen molar-refractivity contribution in [1.29, 1.82) is 0 Å². The molecule has 0 spiro atoms. The van der Waals surface area contributed by atoms with Gasteiger partial charge in [0.05, 0.1) is 23.4 Å². The van der Waals surface area contributed by atoms with Gasteiger partial charge in [0.25, 0.3) is 16.1 Å². The quantitative estimate of drug-likeness (QED) is 0.779. The highest BCUT2D eigenvalue weighted by molar-refractivity contribution is 7.86. The van der Waals surface area contributed by atoms with Crippen LogP contribution in [-0.4, -0.2) is 80.7 Å². The molecule has 27 heavy (non-hydrogen) atoms. The molecule has 1 fully saturated rings. The Morgan fingerprint density at radius 1 is 1.22 bits per heavy atom. The van der Waals surface area contributed by atoms with Gasteiger partial charge in [0.1, 0.15) is 6.10 Å². The summed E-state index contributed by atoms with van der Waals surface area (Å²) in [5.41, 5.74) is 1.76. The summed E-state index contributed by atoms with van der Waals surface area (Å²) >= 11 is 0. The normalized spacial score (nSPS) is 18.8. The van der Waals surface area contributed by atoms with Crippen molar-refractivity contribution in [2.75, 3.05) is 47.9 Å². The molecule has 1 aliphatic heterocycles. The smallest absolute Gasteiger partial charge is 0.281 e. The Balaban J connectivity index is 2.03. The molecule has 1 amide bonds. The first kappa shape index (κ1) is 19.7. The van der Waals surface area contributed by atoms with Crippen molar-refractivity contribution in [3.63, 3.8) is 0 Å². The zero-order valence-electron chi connectivity index (χ0n) is 15.9. The van der Waals surface area contributed by atoms with Crippen LogP contribution in [0.4, 0.5) is 0 Å². The minimum Gasteiger partial charge on any atom is -0.369 e. The molecule has 9 heteroatoms. The van der Waals surface area contributed by atoms with E-state index in [-0.39, 0.29) is 25.6 Å². The molecule has 2 heterocycles. The van der Waals surface area contributed by atoms with Crippen LogP contribution in [0.3, 0.4) is 0 Å². The molecule has 0 unspecified atom stereocenters. The molecule has 0 bridgehead atoms. The number of fused-ring (bicyclic) bond motifs is 1. The molecule has 0 N–H and O–H groups in total. The minimum absolute atomic E-state index is 0.136. The number of carbonyl (C=O) groups excluding carboxylic acids is 1. The molecule has 1 aromatic carbocycles. The lowest BCUT2D eigenvalue weighted by Crippen LogP contribution is -2.47. The maximum atomic E-state index is 12.7. The highest BCUT2D eigenvalue weighted by atomic mass is 32.2. The predicted octanol–water partition coefficient (Wildman–Crippen LogP) is 1.12. The number of hydrogen-bond donors (Lipinski definition) is 0. The molecule has 8 nitrogen and oxygen atoms in total. The Morgan fingerprint density at radius 3 is 2.59 bits per heavy atom. The molecular formula is C18H24N4O4S. The van der Waals surface area contributed by atoms with Crippen molar-refractivity contribution in [3.8, 4) is 0 Å². The summed E-state index contributed by atoms with van der Waals surface area (Å²) in [7, 11) is 2.85. The lowest BCUT2D eigenvalue weighted by atomic mass is 10.0. The van der Waals surface area contributed by atoms with Crippen LogP contribution < -0.4 is 0 Å². The third-order valence-electron chi connectivity index (χ3n) is 4.52. The number of para-hydroxylation sites is 1. The fourth-order valence-electron chi connectivity index (χ4n) is 3.02. The van der Waals surface area contributed by atoms with Crippen LogP contribution in [-0.2, 0) is 14.9 Å². The van der Waals surface area contributed by atoms with Crippen LogP contribution in [0.25, 0.3) is 10.9 Å². The van der Waals surface area contributed by atoms with Gasteiger partial charge in [-0.15, -0.1) is 0 Å². The van der Waals surface area contributed by atoms with E-state index in [0.717, 1.165) is 5.39 Å². The molecule has 0 saturated carbocycles. The van der Waals surface area contributed by atoms with E-state index in [4.69, 9.17) is 4.74 Å². The monoisotopic (exact) mass is 392 g/mol. The van der Waals surface area contributed by atoms with Crippen molar-refractivity contribution < 1.29 is 17.9 Å². The second-order valence-electron chi connectivity index (χ2n) is 6.82. The van der Waals surface area contributed by atoms with Crippen molar-refractivity contribution in [2.24, 2.45) is 0 Å². The lowest BCUT2D eigenvalue weighted by molar-refractivity contribution is -0.00609. The average Bonchev–Trinajstić information content (AvgIpc) is 2.66. The van der Waals surface area contributed by atoms with Crippen LogP contribution in [0.15, 0.2) is 30.3 Å². The Kier molecular flexibility index (Phi) is 5.48. The van der Waals surface area contributed by atoms with Gasteiger partial charge < -0.3 is 9.64 Å². The Labute approximate surface area is 159 Å².